The molecule has 4 rings (SSSR count). The number of alkyl carbamates (subject to hydrolysis) is 1. The molecular formula is C31H37FN8O4. The van der Waals surface area contributed by atoms with Crippen molar-refractivity contribution in [3.63, 3.8) is 0 Å². The summed E-state index contributed by atoms with van der Waals surface area (Å²) >= 11 is 0. The number of aromatic amines is 1. The maximum absolute atomic E-state index is 13.6. The average Bonchev–Trinajstić information content (AvgIpc) is 3.63. The molecular weight excluding hydrogens is 567 g/mol. The van der Waals surface area contributed by atoms with Crippen LogP contribution in [-0.4, -0.2) is 75.8 Å². The van der Waals surface area contributed by atoms with Gasteiger partial charge in [0.25, 0.3) is 5.91 Å². The lowest BCUT2D eigenvalue weighted by molar-refractivity contribution is -0.128. The van der Waals surface area contributed by atoms with E-state index < -0.39 is 17.6 Å². The lowest BCUT2D eigenvalue weighted by Gasteiger charge is -2.25. The number of pyridine rings is 1. The summed E-state index contributed by atoms with van der Waals surface area (Å²) in [4.78, 5) is 44.3. The number of nitrogens with one attached hydrogen (secondary N) is 4. The van der Waals surface area contributed by atoms with E-state index in [1.165, 1.54) is 24.4 Å². The van der Waals surface area contributed by atoms with Gasteiger partial charge in [-0.05, 0) is 63.8 Å². The number of amides is 3. The highest BCUT2D eigenvalue weighted by atomic mass is 19.1. The predicted molar refractivity (Wildman–Crippen MR) is 161 cm³/mol. The van der Waals surface area contributed by atoms with Crippen LogP contribution in [0.4, 0.5) is 15.0 Å². The second-order valence-electron chi connectivity index (χ2n) is 11.5. The van der Waals surface area contributed by atoms with Crippen molar-refractivity contribution in [2.75, 3.05) is 31.5 Å². The fraction of sp³-hybridized carbons (Fsp3) is 0.419. The van der Waals surface area contributed by atoms with E-state index in [0.717, 1.165) is 5.56 Å². The van der Waals surface area contributed by atoms with Gasteiger partial charge in [0.1, 0.15) is 23.3 Å². The number of hydrogen-bond donors (Lipinski definition) is 4. The first-order chi connectivity index (χ1) is 21.0. The fourth-order valence-electron chi connectivity index (χ4n) is 4.90. The molecule has 44 heavy (non-hydrogen) atoms. The van der Waals surface area contributed by atoms with Gasteiger partial charge in [0.15, 0.2) is 0 Å². The third-order valence-electron chi connectivity index (χ3n) is 6.95. The zero-order valence-electron chi connectivity index (χ0n) is 25.1. The number of rotatable bonds is 12. The number of hydrogen-bond acceptors (Lipinski definition) is 8. The molecule has 3 heterocycles. The Morgan fingerprint density at radius 3 is 2.75 bits per heavy atom. The maximum Gasteiger partial charge on any atom is 0.407 e. The molecule has 0 radical (unpaired) electrons. The van der Waals surface area contributed by atoms with Gasteiger partial charge in [0.05, 0.1) is 23.0 Å². The summed E-state index contributed by atoms with van der Waals surface area (Å²) in [5.41, 5.74) is 1.49. The Bertz CT molecular complexity index is 1510. The van der Waals surface area contributed by atoms with E-state index in [2.05, 4.69) is 37.2 Å². The topological polar surface area (TPSA) is 165 Å². The molecule has 0 unspecified atom stereocenters. The number of nitrogens with zero attached hydrogens (tertiary/aromatic N) is 4. The minimum Gasteiger partial charge on any atom is -0.444 e. The highest BCUT2D eigenvalue weighted by molar-refractivity contribution is 6.00. The number of carbonyl (C=O) groups is 3. The van der Waals surface area contributed by atoms with Crippen LogP contribution in [-0.2, 0) is 16.0 Å². The maximum atomic E-state index is 13.6. The van der Waals surface area contributed by atoms with E-state index in [-0.39, 0.29) is 41.3 Å². The van der Waals surface area contributed by atoms with Crippen molar-refractivity contribution in [2.24, 2.45) is 0 Å². The molecule has 232 valence electrons. The lowest BCUT2D eigenvalue weighted by atomic mass is 10.1. The second kappa shape index (κ2) is 14.5. The van der Waals surface area contributed by atoms with Crippen molar-refractivity contribution in [1.29, 1.82) is 5.26 Å². The highest BCUT2D eigenvalue weighted by Crippen LogP contribution is 2.26. The van der Waals surface area contributed by atoms with Gasteiger partial charge in [-0.1, -0.05) is 12.1 Å². The summed E-state index contributed by atoms with van der Waals surface area (Å²) in [7, 11) is 0. The van der Waals surface area contributed by atoms with Gasteiger partial charge in [-0.25, -0.2) is 14.2 Å². The van der Waals surface area contributed by atoms with Crippen LogP contribution in [0.1, 0.15) is 61.5 Å². The Labute approximate surface area is 255 Å². The quantitative estimate of drug-likeness (QED) is 0.227. The zero-order chi connectivity index (χ0) is 31.7. The molecule has 3 amide bonds. The summed E-state index contributed by atoms with van der Waals surface area (Å²) < 4.78 is 18.9. The summed E-state index contributed by atoms with van der Waals surface area (Å²) in [6.07, 6.45) is 4.58. The number of carbonyl (C=O) groups excluding carboxylic acids is 3. The molecule has 12 nitrogen and oxygen atoms in total. The molecule has 0 saturated carbocycles. The van der Waals surface area contributed by atoms with Crippen molar-refractivity contribution >= 4 is 23.7 Å². The molecule has 2 aromatic heterocycles. The Morgan fingerprint density at radius 1 is 1.23 bits per heavy atom. The van der Waals surface area contributed by atoms with Crippen LogP contribution in [0.2, 0.25) is 0 Å². The van der Waals surface area contributed by atoms with Crippen LogP contribution < -0.4 is 16.0 Å². The van der Waals surface area contributed by atoms with Gasteiger partial charge < -0.3 is 25.6 Å². The molecule has 0 aliphatic carbocycles. The number of likely N-dealkylation sites (tertiary alicyclic amines) is 1. The van der Waals surface area contributed by atoms with Crippen LogP contribution in [0.5, 0.6) is 0 Å². The van der Waals surface area contributed by atoms with Gasteiger partial charge in [0, 0.05) is 50.4 Å². The SMILES string of the molecule is CC(C)(C)OC(=O)NCCCN1C(=O)CC[C@@H]1CNC(=O)c1cc(C#N)c(-c2cn[nH]c2)nc1NCCc1cccc(F)c1. The molecule has 1 aromatic carbocycles. The van der Waals surface area contributed by atoms with E-state index in [1.807, 2.05) is 6.07 Å². The van der Waals surface area contributed by atoms with Gasteiger partial charge in [-0.15, -0.1) is 0 Å². The number of nitriles is 1. The smallest absolute Gasteiger partial charge is 0.407 e. The molecule has 1 aliphatic heterocycles. The van der Waals surface area contributed by atoms with E-state index in [9.17, 15) is 24.0 Å². The van der Waals surface area contributed by atoms with Crippen molar-refractivity contribution in [1.82, 2.24) is 30.7 Å². The Kier molecular flexibility index (Phi) is 10.5. The van der Waals surface area contributed by atoms with Crippen LogP contribution in [0.3, 0.4) is 0 Å². The average molecular weight is 605 g/mol. The first-order valence-corrected chi connectivity index (χ1v) is 14.5. The summed E-state index contributed by atoms with van der Waals surface area (Å²) in [6, 6.07) is 9.63. The standard InChI is InChI=1S/C31H37FN8O4/c1-31(2,3)44-30(43)35-11-5-13-40-24(8-9-26(40)41)19-36-29(42)25-15-21(16-33)27(22-17-37-38-18-22)39-28(25)34-12-10-20-6-4-7-23(32)14-20/h4,6-7,14-15,17-18,24H,5,8-13,19H2,1-3H3,(H,34,39)(H,35,43)(H,36,42)(H,37,38)/t24-/m1/s1. The first kappa shape index (κ1) is 31.9. The number of halogens is 1. The highest BCUT2D eigenvalue weighted by Gasteiger charge is 2.31. The van der Waals surface area contributed by atoms with Gasteiger partial charge in [-0.3, -0.25) is 14.7 Å². The molecule has 1 fully saturated rings. The molecule has 0 bridgehead atoms. The van der Waals surface area contributed by atoms with Gasteiger partial charge >= 0.3 is 6.09 Å². The van der Waals surface area contributed by atoms with Gasteiger partial charge in [0.2, 0.25) is 5.91 Å². The number of benzene rings is 1. The summed E-state index contributed by atoms with van der Waals surface area (Å²) in [5, 5.41) is 25.3. The van der Waals surface area contributed by atoms with Crippen molar-refractivity contribution < 1.29 is 23.5 Å². The number of anilines is 1. The summed E-state index contributed by atoms with van der Waals surface area (Å²) in [6.45, 7) is 6.67. The van der Waals surface area contributed by atoms with Crippen LogP contribution in [0.15, 0.2) is 42.7 Å². The predicted octanol–water partition coefficient (Wildman–Crippen LogP) is 3.77. The molecule has 1 saturated heterocycles. The van der Waals surface area contributed by atoms with E-state index in [0.29, 0.717) is 56.6 Å². The van der Waals surface area contributed by atoms with Crippen LogP contribution >= 0.6 is 0 Å². The number of H-pyrrole nitrogens is 1. The zero-order valence-corrected chi connectivity index (χ0v) is 25.1. The van der Waals surface area contributed by atoms with E-state index in [1.54, 1.807) is 37.9 Å². The van der Waals surface area contributed by atoms with Crippen LogP contribution in [0, 0.1) is 17.1 Å². The first-order valence-electron chi connectivity index (χ1n) is 14.5. The van der Waals surface area contributed by atoms with E-state index in [4.69, 9.17) is 4.74 Å². The number of aromatic nitrogens is 3. The largest absolute Gasteiger partial charge is 0.444 e. The Morgan fingerprint density at radius 2 is 2.05 bits per heavy atom. The molecule has 1 aliphatic rings. The number of ether oxygens (including phenoxy) is 1. The molecule has 3 aromatic rings. The Balaban J connectivity index is 1.42. The van der Waals surface area contributed by atoms with Gasteiger partial charge in [-0.2, -0.15) is 10.4 Å². The minimum atomic E-state index is -0.599. The molecule has 1 atom stereocenters. The normalized spacial score (nSPS) is 14.7. The van der Waals surface area contributed by atoms with Crippen molar-refractivity contribution in [3.05, 3.63) is 65.2 Å². The third-order valence-corrected chi connectivity index (χ3v) is 6.95. The molecule has 4 N–H and O–H groups in total. The minimum absolute atomic E-state index is 0.0147. The Hall–Kier alpha value is -4.99. The molecule has 0 spiro atoms. The van der Waals surface area contributed by atoms with Crippen LogP contribution in [0.25, 0.3) is 11.3 Å². The summed E-state index contributed by atoms with van der Waals surface area (Å²) in [5.74, 6) is -0.535. The lowest BCUT2D eigenvalue weighted by Crippen LogP contribution is -2.43. The monoisotopic (exact) mass is 604 g/mol. The van der Waals surface area contributed by atoms with Crippen molar-refractivity contribution in [2.45, 2.75) is 58.1 Å². The third kappa shape index (κ3) is 8.76. The van der Waals surface area contributed by atoms with Crippen molar-refractivity contribution in [3.8, 4) is 17.3 Å². The molecule has 13 heteroatoms. The second-order valence-corrected chi connectivity index (χ2v) is 11.5. The van der Waals surface area contributed by atoms with E-state index >= 15 is 0 Å². The fourth-order valence-corrected chi connectivity index (χ4v) is 4.90.